The molecule has 3 aromatic carbocycles. The molecule has 1 aliphatic carbocycles. The van der Waals surface area contributed by atoms with E-state index in [1.54, 1.807) is 24.3 Å². The van der Waals surface area contributed by atoms with E-state index in [1.165, 1.54) is 24.0 Å². The third kappa shape index (κ3) is 5.66. The Morgan fingerprint density at radius 3 is 2.38 bits per heavy atom. The highest BCUT2D eigenvalue weighted by Gasteiger charge is 2.22. The summed E-state index contributed by atoms with van der Waals surface area (Å²) in [7, 11) is 0. The lowest BCUT2D eigenvalue weighted by Gasteiger charge is -2.21. The predicted octanol–water partition coefficient (Wildman–Crippen LogP) is 5.85. The molecule has 0 radical (unpaired) electrons. The number of rotatable bonds is 8. The first kappa shape index (κ1) is 23.6. The quantitative estimate of drug-likeness (QED) is 0.447. The van der Waals surface area contributed by atoms with E-state index >= 15 is 0 Å². The number of hydrogen-bond donors (Lipinski definition) is 2. The number of ether oxygens (including phenoxy) is 1. The Hall–Kier alpha value is -3.60. The molecule has 4 rings (SSSR count). The summed E-state index contributed by atoms with van der Waals surface area (Å²) in [5.41, 5.74) is 4.59. The fraction of sp³-hybridized carbons (Fsp3) is 0.310. The number of fused-ring (bicyclic) bond motifs is 1. The van der Waals surface area contributed by atoms with Gasteiger partial charge in [-0.15, -0.1) is 0 Å². The lowest BCUT2D eigenvalue weighted by molar-refractivity contribution is -0.122. The molecule has 176 valence electrons. The summed E-state index contributed by atoms with van der Waals surface area (Å²) in [6, 6.07) is 22.8. The van der Waals surface area contributed by atoms with Crippen molar-refractivity contribution in [3.63, 3.8) is 0 Å². The van der Waals surface area contributed by atoms with Crippen LogP contribution in [-0.4, -0.2) is 17.9 Å². The van der Waals surface area contributed by atoms with Crippen molar-refractivity contribution in [3.8, 4) is 5.75 Å². The summed E-state index contributed by atoms with van der Waals surface area (Å²) in [6.45, 7) is 3.86. The van der Waals surface area contributed by atoms with Crippen LogP contribution in [0.4, 0.5) is 5.69 Å². The Labute approximate surface area is 201 Å². The molecule has 0 saturated heterocycles. The molecule has 0 bridgehead atoms. The van der Waals surface area contributed by atoms with Crippen molar-refractivity contribution in [2.24, 2.45) is 0 Å². The third-order valence-corrected chi connectivity index (χ3v) is 6.34. The maximum absolute atomic E-state index is 13.1. The van der Waals surface area contributed by atoms with Crippen LogP contribution in [0.5, 0.6) is 5.75 Å². The smallest absolute Gasteiger partial charge is 0.265 e. The van der Waals surface area contributed by atoms with Crippen molar-refractivity contribution >= 4 is 17.5 Å². The highest BCUT2D eigenvalue weighted by Crippen LogP contribution is 2.26. The van der Waals surface area contributed by atoms with Gasteiger partial charge >= 0.3 is 0 Å². The first-order chi connectivity index (χ1) is 16.5. The minimum atomic E-state index is -0.652. The fourth-order valence-electron chi connectivity index (χ4n) is 4.37. The maximum atomic E-state index is 13.1. The van der Waals surface area contributed by atoms with Crippen LogP contribution in [0.3, 0.4) is 0 Å². The van der Waals surface area contributed by atoms with Gasteiger partial charge in [0.2, 0.25) is 0 Å². The van der Waals surface area contributed by atoms with Crippen LogP contribution in [0.15, 0.2) is 72.8 Å². The van der Waals surface area contributed by atoms with E-state index in [0.29, 0.717) is 23.4 Å². The summed E-state index contributed by atoms with van der Waals surface area (Å²) in [4.78, 5) is 26.1. The molecular weight excluding hydrogens is 424 g/mol. The Morgan fingerprint density at radius 1 is 0.912 bits per heavy atom. The number of carbonyl (C=O) groups is 2. The SMILES string of the molecule is CC[C@@H](Oc1ccc2c(c1)CCCC2)C(=O)Nc1ccccc1C(=O)N[C@@H](C)c1ccccc1. The number of benzene rings is 3. The number of aryl methyl sites for hydroxylation is 2. The molecule has 0 unspecified atom stereocenters. The minimum Gasteiger partial charge on any atom is -0.481 e. The maximum Gasteiger partial charge on any atom is 0.265 e. The van der Waals surface area contributed by atoms with E-state index in [4.69, 9.17) is 4.74 Å². The molecule has 0 fully saturated rings. The van der Waals surface area contributed by atoms with Crippen LogP contribution in [-0.2, 0) is 17.6 Å². The molecule has 5 nitrogen and oxygen atoms in total. The first-order valence-corrected chi connectivity index (χ1v) is 12.1. The van der Waals surface area contributed by atoms with Crippen LogP contribution >= 0.6 is 0 Å². The van der Waals surface area contributed by atoms with E-state index in [9.17, 15) is 9.59 Å². The van der Waals surface area contributed by atoms with Crippen molar-refractivity contribution in [3.05, 3.63) is 95.1 Å². The summed E-state index contributed by atoms with van der Waals surface area (Å²) in [5.74, 6) is 0.206. The van der Waals surface area contributed by atoms with Gasteiger partial charge in [0, 0.05) is 0 Å². The minimum absolute atomic E-state index is 0.159. The summed E-state index contributed by atoms with van der Waals surface area (Å²) < 4.78 is 6.07. The number of nitrogens with one attached hydrogen (secondary N) is 2. The van der Waals surface area contributed by atoms with Crippen LogP contribution < -0.4 is 15.4 Å². The van der Waals surface area contributed by atoms with Crippen molar-refractivity contribution in [1.29, 1.82) is 0 Å². The van der Waals surface area contributed by atoms with Crippen molar-refractivity contribution < 1.29 is 14.3 Å². The largest absolute Gasteiger partial charge is 0.481 e. The molecule has 0 aromatic heterocycles. The lowest BCUT2D eigenvalue weighted by Crippen LogP contribution is -2.34. The van der Waals surface area contributed by atoms with E-state index in [1.807, 2.05) is 50.2 Å². The van der Waals surface area contributed by atoms with Gasteiger partial charge in [-0.1, -0.05) is 55.5 Å². The second kappa shape index (κ2) is 11.0. The Morgan fingerprint density at radius 2 is 1.62 bits per heavy atom. The normalized spacial score (nSPS) is 14.4. The molecule has 5 heteroatoms. The Kier molecular flexibility index (Phi) is 7.63. The van der Waals surface area contributed by atoms with Crippen molar-refractivity contribution in [2.45, 2.75) is 58.1 Å². The summed E-state index contributed by atoms with van der Waals surface area (Å²) in [5, 5.41) is 5.93. The number of carbonyl (C=O) groups excluding carboxylic acids is 2. The molecule has 0 aliphatic heterocycles. The highest BCUT2D eigenvalue weighted by molar-refractivity contribution is 6.04. The van der Waals surface area contributed by atoms with Crippen LogP contribution in [0, 0.1) is 0 Å². The van der Waals surface area contributed by atoms with Crippen molar-refractivity contribution in [2.75, 3.05) is 5.32 Å². The molecule has 0 spiro atoms. The molecule has 2 N–H and O–H groups in total. The summed E-state index contributed by atoms with van der Waals surface area (Å²) >= 11 is 0. The Bertz CT molecular complexity index is 1140. The Balaban J connectivity index is 1.44. The highest BCUT2D eigenvalue weighted by atomic mass is 16.5. The van der Waals surface area contributed by atoms with Crippen molar-refractivity contribution in [1.82, 2.24) is 5.32 Å². The zero-order chi connectivity index (χ0) is 23.9. The topological polar surface area (TPSA) is 67.4 Å². The van der Waals surface area contributed by atoms with Gasteiger partial charge < -0.3 is 15.4 Å². The van der Waals surface area contributed by atoms with Gasteiger partial charge in [-0.3, -0.25) is 9.59 Å². The van der Waals surface area contributed by atoms with Gasteiger partial charge in [0.1, 0.15) is 5.75 Å². The average Bonchev–Trinajstić information content (AvgIpc) is 2.87. The van der Waals surface area contributed by atoms with Gasteiger partial charge in [0.15, 0.2) is 6.10 Å². The molecule has 34 heavy (non-hydrogen) atoms. The van der Waals surface area contributed by atoms with Gasteiger partial charge in [-0.25, -0.2) is 0 Å². The third-order valence-electron chi connectivity index (χ3n) is 6.34. The van der Waals surface area contributed by atoms with Gasteiger partial charge in [0.05, 0.1) is 17.3 Å². The van der Waals surface area contributed by atoms with Gasteiger partial charge in [-0.2, -0.15) is 0 Å². The first-order valence-electron chi connectivity index (χ1n) is 12.1. The van der Waals surface area contributed by atoms with E-state index < -0.39 is 6.10 Å². The molecule has 0 heterocycles. The number of anilines is 1. The second-order valence-electron chi connectivity index (χ2n) is 8.79. The zero-order valence-electron chi connectivity index (χ0n) is 19.8. The zero-order valence-corrected chi connectivity index (χ0v) is 19.8. The van der Waals surface area contributed by atoms with Crippen LogP contribution in [0.1, 0.15) is 66.2 Å². The number of para-hydroxylation sites is 1. The van der Waals surface area contributed by atoms with Crippen LogP contribution in [0.2, 0.25) is 0 Å². The molecular formula is C29H32N2O3. The lowest BCUT2D eigenvalue weighted by atomic mass is 9.92. The second-order valence-corrected chi connectivity index (χ2v) is 8.79. The van der Waals surface area contributed by atoms with Crippen LogP contribution in [0.25, 0.3) is 0 Å². The number of hydrogen-bond acceptors (Lipinski definition) is 3. The summed E-state index contributed by atoms with van der Waals surface area (Å²) in [6.07, 6.45) is 4.44. The predicted molar refractivity (Wildman–Crippen MR) is 135 cm³/mol. The monoisotopic (exact) mass is 456 g/mol. The molecule has 3 aromatic rings. The molecule has 2 atom stereocenters. The number of amides is 2. The van der Waals surface area contributed by atoms with E-state index in [0.717, 1.165) is 18.4 Å². The average molecular weight is 457 g/mol. The molecule has 2 amide bonds. The van der Waals surface area contributed by atoms with E-state index in [-0.39, 0.29) is 17.9 Å². The fourth-order valence-corrected chi connectivity index (χ4v) is 4.37. The van der Waals surface area contributed by atoms with E-state index in [2.05, 4.69) is 22.8 Å². The standard InChI is InChI=1S/C29H32N2O3/c1-3-27(34-24-18-17-22-13-7-8-14-23(22)19-24)29(33)31-26-16-10-9-15-25(26)28(32)30-20(2)21-11-5-4-6-12-21/h4-6,9-12,15-20,27H,3,7-8,13-14H2,1-2H3,(H,30,32)(H,31,33)/t20-,27+/m0/s1. The molecule has 0 saturated carbocycles. The van der Waals surface area contributed by atoms with Gasteiger partial charge in [0.25, 0.3) is 11.8 Å². The van der Waals surface area contributed by atoms with Gasteiger partial charge in [-0.05, 0) is 80.0 Å². The molecule has 1 aliphatic rings.